The van der Waals surface area contributed by atoms with Crippen LogP contribution in [-0.2, 0) is 28.9 Å². The molecule has 0 heterocycles. The summed E-state index contributed by atoms with van der Waals surface area (Å²) in [4.78, 5) is 30.4. The van der Waals surface area contributed by atoms with Crippen molar-refractivity contribution in [3.63, 3.8) is 0 Å². The molecule has 0 fully saturated rings. The number of aliphatic imine (C=N–C) groups is 1. The third kappa shape index (κ3) is 6.49. The standard InChI is InChI=1S/C29H32N4O5/c1-37-24-13-12-19(15-25(24)38-2)16-26(35)32-29(30)31-22(14-18-8-4-3-5-9-18)28(36)33-27-21-11-7-6-10-20(21)17-23(27)34/h3-13,15,22-23,27,34H,14,16-17H2,1-2H3,(H,33,36)(H3,30,31,32,35)/t22?,23-,27+/m1/s1. The van der Waals surface area contributed by atoms with Gasteiger partial charge < -0.3 is 25.6 Å². The van der Waals surface area contributed by atoms with E-state index in [2.05, 4.69) is 15.6 Å². The number of nitrogens with two attached hydrogens (primary N) is 1. The van der Waals surface area contributed by atoms with Gasteiger partial charge in [0.05, 0.1) is 32.8 Å². The highest BCUT2D eigenvalue weighted by molar-refractivity contribution is 5.98. The average Bonchev–Trinajstić information content (AvgIpc) is 3.23. The maximum absolute atomic E-state index is 13.4. The highest BCUT2D eigenvalue weighted by atomic mass is 16.5. The molecule has 4 rings (SSSR count). The van der Waals surface area contributed by atoms with Crippen molar-refractivity contribution in [2.45, 2.75) is 37.5 Å². The topological polar surface area (TPSA) is 135 Å². The van der Waals surface area contributed by atoms with E-state index in [4.69, 9.17) is 15.2 Å². The summed E-state index contributed by atoms with van der Waals surface area (Å²) in [6, 6.07) is 20.8. The van der Waals surface area contributed by atoms with E-state index in [9.17, 15) is 14.7 Å². The van der Waals surface area contributed by atoms with Gasteiger partial charge in [-0.05, 0) is 34.4 Å². The monoisotopic (exact) mass is 516 g/mol. The van der Waals surface area contributed by atoms with Crippen LogP contribution in [0.3, 0.4) is 0 Å². The van der Waals surface area contributed by atoms with Crippen molar-refractivity contribution in [1.29, 1.82) is 0 Å². The Labute approximate surface area is 221 Å². The lowest BCUT2D eigenvalue weighted by Crippen LogP contribution is -2.44. The van der Waals surface area contributed by atoms with Crippen molar-refractivity contribution in [3.8, 4) is 11.5 Å². The Kier molecular flexibility index (Phi) is 8.60. The van der Waals surface area contributed by atoms with Gasteiger partial charge in [0.15, 0.2) is 17.5 Å². The first kappa shape index (κ1) is 26.7. The number of fused-ring (bicyclic) bond motifs is 1. The number of carbonyl (C=O) groups excluding carboxylic acids is 2. The second kappa shape index (κ2) is 12.2. The minimum Gasteiger partial charge on any atom is -0.493 e. The predicted octanol–water partition coefficient (Wildman–Crippen LogP) is 2.06. The first-order valence-electron chi connectivity index (χ1n) is 12.3. The van der Waals surface area contributed by atoms with E-state index in [1.54, 1.807) is 18.2 Å². The molecule has 3 aromatic carbocycles. The van der Waals surface area contributed by atoms with Gasteiger partial charge in [0, 0.05) is 12.8 Å². The molecule has 1 aliphatic carbocycles. The normalized spacial score (nSPS) is 17.3. The van der Waals surface area contributed by atoms with Gasteiger partial charge in [-0.3, -0.25) is 14.9 Å². The third-order valence-corrected chi connectivity index (χ3v) is 6.45. The molecule has 3 aromatic rings. The fourth-order valence-corrected chi connectivity index (χ4v) is 4.59. The summed E-state index contributed by atoms with van der Waals surface area (Å²) in [6.07, 6.45) is 0.0130. The van der Waals surface area contributed by atoms with Crippen molar-refractivity contribution >= 4 is 17.8 Å². The summed E-state index contributed by atoms with van der Waals surface area (Å²) < 4.78 is 10.5. The average molecular weight is 517 g/mol. The molecule has 198 valence electrons. The van der Waals surface area contributed by atoms with Crippen LogP contribution in [0.25, 0.3) is 0 Å². The van der Waals surface area contributed by atoms with Crippen LogP contribution in [0.2, 0.25) is 0 Å². The summed E-state index contributed by atoms with van der Waals surface area (Å²) in [5.74, 6) is 0.111. The lowest BCUT2D eigenvalue weighted by atomic mass is 10.0. The molecule has 0 radical (unpaired) electrons. The molecule has 0 aromatic heterocycles. The van der Waals surface area contributed by atoms with Crippen LogP contribution in [0.15, 0.2) is 77.8 Å². The number of nitrogens with zero attached hydrogens (tertiary/aromatic N) is 1. The lowest BCUT2D eigenvalue weighted by Gasteiger charge is -2.21. The number of methoxy groups -OCH3 is 2. The minimum atomic E-state index is -0.918. The number of ether oxygens (including phenoxy) is 2. The summed E-state index contributed by atoms with van der Waals surface area (Å²) >= 11 is 0. The Morgan fingerprint density at radius 3 is 2.45 bits per heavy atom. The van der Waals surface area contributed by atoms with Crippen LogP contribution in [0, 0.1) is 0 Å². The van der Waals surface area contributed by atoms with E-state index in [1.807, 2.05) is 54.6 Å². The molecule has 0 saturated heterocycles. The van der Waals surface area contributed by atoms with Gasteiger partial charge in [-0.25, -0.2) is 4.99 Å². The Hall–Kier alpha value is -4.37. The predicted molar refractivity (Wildman–Crippen MR) is 144 cm³/mol. The van der Waals surface area contributed by atoms with Crippen LogP contribution >= 0.6 is 0 Å². The van der Waals surface area contributed by atoms with Crippen molar-refractivity contribution < 1.29 is 24.2 Å². The highest BCUT2D eigenvalue weighted by Gasteiger charge is 2.33. The molecule has 0 spiro atoms. The van der Waals surface area contributed by atoms with Crippen LogP contribution in [0.4, 0.5) is 0 Å². The zero-order valence-electron chi connectivity index (χ0n) is 21.4. The molecule has 9 heteroatoms. The largest absolute Gasteiger partial charge is 0.493 e. The van der Waals surface area contributed by atoms with E-state index < -0.39 is 30.0 Å². The number of hydrogen-bond donors (Lipinski definition) is 4. The second-order valence-electron chi connectivity index (χ2n) is 9.09. The molecule has 1 unspecified atom stereocenters. The Morgan fingerprint density at radius 1 is 1.00 bits per heavy atom. The Balaban J connectivity index is 1.48. The van der Waals surface area contributed by atoms with Gasteiger partial charge in [0.25, 0.3) is 0 Å². The number of carbonyl (C=O) groups is 2. The molecule has 1 aliphatic rings. The van der Waals surface area contributed by atoms with E-state index in [0.717, 1.165) is 16.7 Å². The number of hydrogen-bond acceptors (Lipinski definition) is 6. The van der Waals surface area contributed by atoms with E-state index >= 15 is 0 Å². The molecule has 38 heavy (non-hydrogen) atoms. The molecule has 2 amide bonds. The van der Waals surface area contributed by atoms with Crippen LogP contribution < -0.4 is 25.8 Å². The van der Waals surface area contributed by atoms with Crippen molar-refractivity contribution in [3.05, 3.63) is 95.1 Å². The molecule has 0 saturated carbocycles. The van der Waals surface area contributed by atoms with Crippen molar-refractivity contribution in [1.82, 2.24) is 10.6 Å². The molecule has 0 aliphatic heterocycles. The third-order valence-electron chi connectivity index (χ3n) is 6.45. The van der Waals surface area contributed by atoms with Crippen LogP contribution in [0.5, 0.6) is 11.5 Å². The molecular weight excluding hydrogens is 484 g/mol. The first-order chi connectivity index (χ1) is 18.4. The molecule has 3 atom stereocenters. The maximum atomic E-state index is 13.4. The van der Waals surface area contributed by atoms with Gasteiger partial charge in [-0.15, -0.1) is 0 Å². The quantitative estimate of drug-likeness (QED) is 0.254. The molecular formula is C29H32N4O5. The number of nitrogens with one attached hydrogen (secondary N) is 2. The molecule has 0 bridgehead atoms. The van der Waals surface area contributed by atoms with Gasteiger partial charge >= 0.3 is 0 Å². The SMILES string of the molecule is COc1ccc(CC(=O)NC(N)=NC(Cc2ccccc2)C(=O)N[C@H]2c3ccccc3C[C@H]2O)cc1OC. The fourth-order valence-electron chi connectivity index (χ4n) is 4.59. The van der Waals surface area contributed by atoms with Gasteiger partial charge in [0.1, 0.15) is 6.04 Å². The Bertz CT molecular complexity index is 1310. The van der Waals surface area contributed by atoms with E-state index in [-0.39, 0.29) is 18.8 Å². The number of amides is 2. The van der Waals surface area contributed by atoms with E-state index in [1.165, 1.54) is 14.2 Å². The molecule has 9 nitrogen and oxygen atoms in total. The van der Waals surface area contributed by atoms with E-state index in [0.29, 0.717) is 23.5 Å². The number of rotatable bonds is 9. The zero-order valence-corrected chi connectivity index (χ0v) is 21.4. The minimum absolute atomic E-state index is 0.0250. The van der Waals surface area contributed by atoms with Gasteiger partial charge in [-0.2, -0.15) is 0 Å². The maximum Gasteiger partial charge on any atom is 0.245 e. The number of aliphatic hydroxyl groups is 1. The fraction of sp³-hybridized carbons (Fsp3) is 0.276. The first-order valence-corrected chi connectivity index (χ1v) is 12.3. The number of benzene rings is 3. The Morgan fingerprint density at radius 2 is 1.71 bits per heavy atom. The zero-order chi connectivity index (χ0) is 27.1. The lowest BCUT2D eigenvalue weighted by molar-refractivity contribution is -0.124. The van der Waals surface area contributed by atoms with Gasteiger partial charge in [-0.1, -0.05) is 60.7 Å². The number of aliphatic hydroxyl groups excluding tert-OH is 1. The summed E-state index contributed by atoms with van der Waals surface area (Å²) in [6.45, 7) is 0. The van der Waals surface area contributed by atoms with Crippen molar-refractivity contribution in [2.24, 2.45) is 10.7 Å². The summed E-state index contributed by atoms with van der Waals surface area (Å²) in [5, 5.41) is 16.1. The van der Waals surface area contributed by atoms with Crippen LogP contribution in [-0.4, -0.2) is 49.2 Å². The summed E-state index contributed by atoms with van der Waals surface area (Å²) in [5.41, 5.74) is 9.53. The van der Waals surface area contributed by atoms with Gasteiger partial charge in [0.2, 0.25) is 11.8 Å². The smallest absolute Gasteiger partial charge is 0.245 e. The number of guanidine groups is 1. The second-order valence-corrected chi connectivity index (χ2v) is 9.09. The highest BCUT2D eigenvalue weighted by Crippen LogP contribution is 2.31. The van der Waals surface area contributed by atoms with Crippen LogP contribution in [0.1, 0.15) is 28.3 Å². The molecule has 5 N–H and O–H groups in total. The van der Waals surface area contributed by atoms with Crippen molar-refractivity contribution in [2.75, 3.05) is 14.2 Å². The summed E-state index contributed by atoms with van der Waals surface area (Å²) in [7, 11) is 3.06.